The number of carboxylic acids is 2. The lowest BCUT2D eigenvalue weighted by atomic mass is 9.96. The first kappa shape index (κ1) is 72.3. The van der Waals surface area contributed by atoms with Gasteiger partial charge >= 0.3 is 11.9 Å². The number of amides is 9. The van der Waals surface area contributed by atoms with Crippen LogP contribution >= 0.6 is 0 Å². The summed E-state index contributed by atoms with van der Waals surface area (Å²) in [7, 11) is 0. The molecule has 0 radical (unpaired) electrons. The average molecular weight is 1210 g/mol. The molecule has 480 valence electrons. The number of hydrogen-bond donors (Lipinski definition) is 16. The highest BCUT2D eigenvalue weighted by atomic mass is 16.4. The number of likely N-dealkylation sites (tertiary alicyclic amines) is 1. The van der Waals surface area contributed by atoms with Crippen molar-refractivity contribution in [2.45, 2.75) is 186 Å². The molecule has 19 N–H and O–H groups in total. The van der Waals surface area contributed by atoms with E-state index in [1.165, 1.54) is 4.90 Å². The highest BCUT2D eigenvalue weighted by molar-refractivity contribution is 5.99. The number of aliphatic hydroxyl groups excluding tert-OH is 2. The lowest BCUT2D eigenvalue weighted by Gasteiger charge is -2.32. The number of aliphatic imine (C=N–C) groups is 1. The zero-order valence-electron chi connectivity index (χ0n) is 50.5. The number of nitrogens with zero attached hydrogens (tertiary/aromatic N) is 2. The molecule has 2 heterocycles. The van der Waals surface area contributed by atoms with Crippen molar-refractivity contribution in [3.8, 4) is 0 Å². The summed E-state index contributed by atoms with van der Waals surface area (Å²) in [6.45, 7) is 12.3. The van der Waals surface area contributed by atoms with Crippen LogP contribution in [-0.2, 0) is 59.2 Å². The van der Waals surface area contributed by atoms with Gasteiger partial charge in [-0.2, -0.15) is 0 Å². The molecule has 1 fully saturated rings. The monoisotopic (exact) mass is 1210 g/mol. The molecule has 29 heteroatoms. The van der Waals surface area contributed by atoms with Crippen LogP contribution in [0.15, 0.2) is 35.5 Å². The number of aromatic amines is 1. The number of aliphatic hydroxyl groups is 2. The fourth-order valence-electron chi connectivity index (χ4n) is 9.71. The summed E-state index contributed by atoms with van der Waals surface area (Å²) in [5, 5.41) is 60.9. The number of nitrogens with two attached hydrogens (primary N) is 3. The Morgan fingerprint density at radius 3 is 1.74 bits per heavy atom. The van der Waals surface area contributed by atoms with Gasteiger partial charge < -0.3 is 90.0 Å². The van der Waals surface area contributed by atoms with Crippen LogP contribution in [-0.4, -0.2) is 188 Å². The third-order valence-electron chi connectivity index (χ3n) is 15.0. The van der Waals surface area contributed by atoms with Crippen LogP contribution < -0.4 is 59.7 Å². The Kier molecular flexibility index (Phi) is 29.9. The summed E-state index contributed by atoms with van der Waals surface area (Å²) < 4.78 is 0. The summed E-state index contributed by atoms with van der Waals surface area (Å²) in [5.74, 6) is -12.1. The highest BCUT2D eigenvalue weighted by Gasteiger charge is 2.42. The van der Waals surface area contributed by atoms with Crippen molar-refractivity contribution in [3.05, 3.63) is 36.0 Å². The van der Waals surface area contributed by atoms with E-state index in [0.717, 1.165) is 0 Å². The molecule has 1 aromatic carbocycles. The fourth-order valence-corrected chi connectivity index (χ4v) is 9.71. The summed E-state index contributed by atoms with van der Waals surface area (Å²) in [4.78, 5) is 159. The summed E-state index contributed by atoms with van der Waals surface area (Å²) in [5.41, 5.74) is 18.0. The average Bonchev–Trinajstić information content (AvgIpc) is 2.38. The lowest BCUT2D eigenvalue weighted by molar-refractivity contribution is -0.143. The van der Waals surface area contributed by atoms with Gasteiger partial charge in [-0.25, -0.2) is 4.79 Å². The van der Waals surface area contributed by atoms with Crippen LogP contribution in [0, 0.1) is 23.7 Å². The first-order valence-corrected chi connectivity index (χ1v) is 29.3. The van der Waals surface area contributed by atoms with Crippen molar-refractivity contribution in [3.63, 3.8) is 0 Å². The molecular weight excluding hydrogens is 1120 g/mol. The smallest absolute Gasteiger partial charge is 0.326 e. The molecular formula is C57H92N14O15. The second-order valence-corrected chi connectivity index (χ2v) is 22.8. The number of nitrogens with one attached hydrogen (secondary N) is 9. The SMILES string of the molecule is CC[C@H](C)[C@H](NC(=O)[C@H](CCCN=C(N)N)NC(=O)[C@H](CCC(=O)O)NC(=O)[C@H](CC(C)C)NC(=O)[C@H](CO)NC(=O)[C@H](Cc1c[nH]c2ccccc12)NC(=O)[C@@H]1CCCN1C(=O)[C@@H](NC(=O)[C@@H](N)CO)[C@@H](C)CC)C(=O)N[C@@H](CC(C)C)C(=O)O. The molecule has 2 aromatic rings. The molecule has 1 aliphatic rings. The maximum absolute atomic E-state index is 14.5. The van der Waals surface area contributed by atoms with Gasteiger partial charge in [0, 0.05) is 43.0 Å². The zero-order chi connectivity index (χ0) is 64.5. The number of aliphatic carboxylic acids is 2. The number of carboxylic acid groups (broad SMARTS) is 2. The molecule has 0 unspecified atom stereocenters. The zero-order valence-corrected chi connectivity index (χ0v) is 50.5. The molecule has 3 rings (SSSR count). The Labute approximate surface area is 500 Å². The third kappa shape index (κ3) is 22.5. The molecule has 0 aliphatic carbocycles. The van der Waals surface area contributed by atoms with Gasteiger partial charge in [-0.05, 0) is 80.2 Å². The van der Waals surface area contributed by atoms with Crippen LogP contribution in [0.4, 0.5) is 0 Å². The first-order valence-electron chi connectivity index (χ1n) is 29.3. The van der Waals surface area contributed by atoms with E-state index in [1.54, 1.807) is 78.9 Å². The first-order chi connectivity index (χ1) is 40.6. The van der Waals surface area contributed by atoms with Crippen molar-refractivity contribution in [2.75, 3.05) is 26.3 Å². The van der Waals surface area contributed by atoms with Gasteiger partial charge in [-0.15, -0.1) is 0 Å². The molecule has 1 saturated heterocycles. The minimum atomic E-state index is -1.77. The minimum Gasteiger partial charge on any atom is -0.481 e. The summed E-state index contributed by atoms with van der Waals surface area (Å²) in [6.07, 6.45) is 1.58. The van der Waals surface area contributed by atoms with Crippen molar-refractivity contribution in [1.29, 1.82) is 0 Å². The Hall–Kier alpha value is -7.92. The van der Waals surface area contributed by atoms with Gasteiger partial charge in [0.25, 0.3) is 0 Å². The lowest BCUT2D eigenvalue weighted by Crippen LogP contribution is -2.61. The van der Waals surface area contributed by atoms with Crippen LogP contribution in [0.5, 0.6) is 0 Å². The van der Waals surface area contributed by atoms with Crippen molar-refractivity contribution in [2.24, 2.45) is 45.9 Å². The van der Waals surface area contributed by atoms with Crippen LogP contribution in [0.25, 0.3) is 10.9 Å². The Morgan fingerprint density at radius 2 is 1.16 bits per heavy atom. The van der Waals surface area contributed by atoms with Crippen molar-refractivity contribution >= 4 is 82.0 Å². The van der Waals surface area contributed by atoms with Gasteiger partial charge in [-0.1, -0.05) is 86.4 Å². The van der Waals surface area contributed by atoms with E-state index >= 15 is 0 Å². The molecule has 0 saturated carbocycles. The molecule has 0 bridgehead atoms. The predicted octanol–water partition coefficient (Wildman–Crippen LogP) is -1.92. The largest absolute Gasteiger partial charge is 0.481 e. The Bertz CT molecular complexity index is 2680. The second kappa shape index (κ2) is 35.5. The molecule has 9 amide bonds. The number of guanidine groups is 1. The number of hydrogen-bond acceptors (Lipinski definition) is 15. The number of benzene rings is 1. The topological polar surface area (TPSA) is 474 Å². The maximum Gasteiger partial charge on any atom is 0.326 e. The summed E-state index contributed by atoms with van der Waals surface area (Å²) >= 11 is 0. The van der Waals surface area contributed by atoms with E-state index in [4.69, 9.17) is 17.2 Å². The number of fused-ring (bicyclic) bond motifs is 1. The molecule has 12 atom stereocenters. The fraction of sp³-hybridized carbons (Fsp3) is 0.649. The number of rotatable bonds is 37. The van der Waals surface area contributed by atoms with Crippen LogP contribution in [0.1, 0.15) is 125 Å². The van der Waals surface area contributed by atoms with Gasteiger partial charge in [0.2, 0.25) is 53.2 Å². The van der Waals surface area contributed by atoms with Crippen molar-refractivity contribution in [1.82, 2.24) is 52.4 Å². The molecule has 29 nitrogen and oxygen atoms in total. The van der Waals surface area contributed by atoms with E-state index in [0.29, 0.717) is 35.7 Å². The molecule has 1 aromatic heterocycles. The number of H-pyrrole nitrogens is 1. The Balaban J connectivity index is 1.94. The van der Waals surface area contributed by atoms with Crippen LogP contribution in [0.3, 0.4) is 0 Å². The standard InChI is InChI=1S/C57H92N14O15/c1-9-31(7)45(54(83)67-41(56(85)86)24-30(5)6)69-49(78)37(17-13-21-61-57(59)60)63-48(77)38(19-20-44(74)75)64-50(79)39(23-29(3)4)65-52(81)42(28-73)68-51(80)40(25-33-26-62-36-16-12-11-15-34(33)36)66-53(82)43-18-14-22-71(43)55(84)46(32(8)10-2)70-47(76)35(58)27-72/h11-12,15-16,26,29-32,35,37-43,45-46,62,72-73H,9-10,13-14,17-25,27-28,58H2,1-8H3,(H,63,77)(H,64,79)(H,65,81)(H,66,82)(H,67,83)(H,68,80)(H,69,78)(H,70,76)(H,74,75)(H,85,86)(H4,59,60,61)/t31-,32-,35-,37-,38-,39-,40-,41-,42-,43-,45-,46-/m0/s1. The van der Waals surface area contributed by atoms with Crippen molar-refractivity contribution < 1.29 is 73.2 Å². The second-order valence-electron chi connectivity index (χ2n) is 22.8. The molecule has 86 heavy (non-hydrogen) atoms. The van der Waals surface area contributed by atoms with Crippen LogP contribution in [0.2, 0.25) is 0 Å². The van der Waals surface area contributed by atoms with E-state index in [-0.39, 0.29) is 69.4 Å². The van der Waals surface area contributed by atoms with E-state index in [2.05, 4.69) is 52.5 Å². The van der Waals surface area contributed by atoms with E-state index in [9.17, 15) is 73.2 Å². The third-order valence-corrected chi connectivity index (χ3v) is 15.0. The maximum atomic E-state index is 14.5. The minimum absolute atomic E-state index is 0.00913. The van der Waals surface area contributed by atoms with E-state index in [1.807, 2.05) is 6.92 Å². The van der Waals surface area contributed by atoms with E-state index < -0.39 is 163 Å². The van der Waals surface area contributed by atoms with Gasteiger partial charge in [-0.3, -0.25) is 52.9 Å². The Morgan fingerprint density at radius 1 is 0.640 bits per heavy atom. The number of para-hydroxylation sites is 1. The molecule has 1 aliphatic heterocycles. The number of aromatic nitrogens is 1. The van der Waals surface area contributed by atoms with Gasteiger partial charge in [0.1, 0.15) is 60.4 Å². The molecule has 0 spiro atoms. The normalized spacial score (nSPS) is 17.0. The number of carbonyl (C=O) groups is 11. The summed E-state index contributed by atoms with van der Waals surface area (Å²) in [6, 6.07) is -6.80. The predicted molar refractivity (Wildman–Crippen MR) is 317 cm³/mol. The number of carbonyl (C=O) groups excluding carboxylic acids is 9. The van der Waals surface area contributed by atoms with Gasteiger partial charge in [0.05, 0.1) is 13.2 Å². The quantitative estimate of drug-likeness (QED) is 0.0199. The van der Waals surface area contributed by atoms with Gasteiger partial charge in [0.15, 0.2) is 5.96 Å². The highest BCUT2D eigenvalue weighted by Crippen LogP contribution is 2.24.